The quantitative estimate of drug-likeness (QED) is 0.722. The van der Waals surface area contributed by atoms with Crippen LogP contribution in [-0.4, -0.2) is 35.1 Å². The Morgan fingerprint density at radius 3 is 2.93 bits per heavy atom. The van der Waals surface area contributed by atoms with E-state index in [4.69, 9.17) is 9.47 Å². The van der Waals surface area contributed by atoms with Gasteiger partial charge in [0.2, 0.25) is 0 Å². The molecule has 0 amide bonds. The van der Waals surface area contributed by atoms with Crippen LogP contribution in [0.25, 0.3) is 0 Å². The summed E-state index contributed by atoms with van der Waals surface area (Å²) in [5.74, 6) is 0.437. The van der Waals surface area contributed by atoms with E-state index >= 15 is 0 Å². The minimum absolute atomic E-state index is 0.0602. The maximum atomic E-state index is 10.2. The molecule has 0 spiro atoms. The minimum atomic E-state index is -0.542. The van der Waals surface area contributed by atoms with Gasteiger partial charge in [-0.15, -0.1) is 0 Å². The zero-order valence-electron chi connectivity index (χ0n) is 8.82. The Balaban J connectivity index is 1.89. The number of rotatable bonds is 2. The second-order valence-corrected chi connectivity index (χ2v) is 5.13. The van der Waals surface area contributed by atoms with E-state index in [0.29, 0.717) is 5.92 Å². The van der Waals surface area contributed by atoms with Crippen molar-refractivity contribution in [2.45, 2.75) is 56.5 Å². The van der Waals surface area contributed by atoms with Crippen LogP contribution in [0, 0.1) is 5.92 Å². The lowest BCUT2D eigenvalue weighted by atomic mass is 9.91. The van der Waals surface area contributed by atoms with E-state index in [2.05, 4.69) is 6.92 Å². The molecule has 3 fully saturated rings. The highest BCUT2D eigenvalue weighted by Crippen LogP contribution is 2.65. The summed E-state index contributed by atoms with van der Waals surface area (Å²) in [5.41, 5.74) is -0.703. The molecule has 3 heteroatoms. The Morgan fingerprint density at radius 2 is 2.21 bits per heavy atom. The van der Waals surface area contributed by atoms with Crippen molar-refractivity contribution in [3.8, 4) is 0 Å². The predicted octanol–water partition coefficient (Wildman–Crippen LogP) is 1.09. The fraction of sp³-hybridized carbons (Fsp3) is 1.00. The molecule has 5 atom stereocenters. The topological polar surface area (TPSA) is 38.7 Å². The van der Waals surface area contributed by atoms with Crippen LogP contribution in [0.4, 0.5) is 0 Å². The fourth-order valence-electron chi connectivity index (χ4n) is 3.57. The highest BCUT2D eigenvalue weighted by Gasteiger charge is 2.75. The van der Waals surface area contributed by atoms with Crippen LogP contribution in [0.2, 0.25) is 0 Å². The second kappa shape index (κ2) is 2.52. The molecule has 1 saturated heterocycles. The summed E-state index contributed by atoms with van der Waals surface area (Å²) in [6.07, 6.45) is 3.03. The molecule has 0 aromatic rings. The molecule has 0 bridgehead atoms. The first-order valence-corrected chi connectivity index (χ1v) is 5.62. The molecule has 2 saturated carbocycles. The molecule has 1 heterocycles. The zero-order chi connectivity index (χ0) is 9.97. The van der Waals surface area contributed by atoms with Gasteiger partial charge in [-0.25, -0.2) is 0 Å². The normalized spacial score (nSPS) is 59.8. The molecular weight excluding hydrogens is 180 g/mol. The van der Waals surface area contributed by atoms with Gasteiger partial charge < -0.3 is 14.6 Å². The summed E-state index contributed by atoms with van der Waals surface area (Å²) in [5, 5.41) is 10.2. The maximum absolute atomic E-state index is 10.2. The molecule has 3 aliphatic rings. The van der Waals surface area contributed by atoms with E-state index in [0.717, 1.165) is 25.9 Å². The molecule has 14 heavy (non-hydrogen) atoms. The van der Waals surface area contributed by atoms with Gasteiger partial charge in [0.1, 0.15) is 6.10 Å². The fourth-order valence-corrected chi connectivity index (χ4v) is 3.57. The van der Waals surface area contributed by atoms with Gasteiger partial charge in [-0.1, -0.05) is 0 Å². The molecule has 0 radical (unpaired) electrons. The monoisotopic (exact) mass is 198 g/mol. The highest BCUT2D eigenvalue weighted by molar-refractivity contribution is 5.25. The summed E-state index contributed by atoms with van der Waals surface area (Å²) < 4.78 is 11.7. The van der Waals surface area contributed by atoms with Crippen molar-refractivity contribution in [1.82, 2.24) is 0 Å². The molecule has 0 aromatic carbocycles. The van der Waals surface area contributed by atoms with Gasteiger partial charge in [0.15, 0.2) is 0 Å². The first kappa shape index (κ1) is 9.13. The van der Waals surface area contributed by atoms with E-state index < -0.39 is 5.60 Å². The van der Waals surface area contributed by atoms with Crippen LogP contribution in [-0.2, 0) is 9.47 Å². The van der Waals surface area contributed by atoms with Crippen molar-refractivity contribution in [1.29, 1.82) is 0 Å². The molecule has 3 rings (SSSR count). The number of hydrogen-bond acceptors (Lipinski definition) is 3. The van der Waals surface area contributed by atoms with Gasteiger partial charge in [0.05, 0.1) is 17.3 Å². The third kappa shape index (κ3) is 0.930. The third-order valence-electron chi connectivity index (χ3n) is 4.08. The lowest BCUT2D eigenvalue weighted by Gasteiger charge is -2.31. The van der Waals surface area contributed by atoms with Gasteiger partial charge in [-0.3, -0.25) is 0 Å². The average Bonchev–Trinajstić information content (AvgIpc) is 2.48. The first-order valence-electron chi connectivity index (χ1n) is 5.62. The Morgan fingerprint density at radius 1 is 1.43 bits per heavy atom. The molecule has 80 valence electrons. The van der Waals surface area contributed by atoms with Crippen LogP contribution >= 0.6 is 0 Å². The van der Waals surface area contributed by atoms with E-state index in [1.165, 1.54) is 0 Å². The summed E-state index contributed by atoms with van der Waals surface area (Å²) in [7, 11) is 0. The molecule has 2 aliphatic carbocycles. The van der Waals surface area contributed by atoms with Crippen molar-refractivity contribution in [2.24, 2.45) is 5.92 Å². The number of ether oxygens (including phenoxy) is 2. The zero-order valence-corrected chi connectivity index (χ0v) is 8.82. The Hall–Kier alpha value is -0.120. The average molecular weight is 198 g/mol. The minimum Gasteiger partial charge on any atom is -0.387 e. The Bertz CT molecular complexity index is 267. The number of fused-ring (bicyclic) bond motifs is 3. The molecule has 1 unspecified atom stereocenters. The maximum Gasteiger partial charge on any atom is 0.116 e. The molecular formula is C11H18O3. The lowest BCUT2D eigenvalue weighted by Crippen LogP contribution is -2.44. The lowest BCUT2D eigenvalue weighted by molar-refractivity contribution is -0.120. The number of aliphatic hydroxyl groups is 1. The molecule has 3 nitrogen and oxygen atoms in total. The summed E-state index contributed by atoms with van der Waals surface area (Å²) in [4.78, 5) is 0. The van der Waals surface area contributed by atoms with Gasteiger partial charge in [-0.05, 0) is 32.6 Å². The van der Waals surface area contributed by atoms with Crippen molar-refractivity contribution in [3.63, 3.8) is 0 Å². The molecule has 0 aromatic heterocycles. The summed E-state index contributed by atoms with van der Waals surface area (Å²) in [6.45, 7) is 4.80. The van der Waals surface area contributed by atoms with Crippen LogP contribution < -0.4 is 0 Å². The Labute approximate surface area is 84.4 Å². The predicted molar refractivity (Wildman–Crippen MR) is 51.0 cm³/mol. The standard InChI is InChI=1S/C11H18O3/c1-3-13-10-4-7(2)14-9(10)11(12)6-8(11)5-10/h7-9,12H,3-6H2,1-2H3/t7-,8+,9?,10+,11+/m0/s1. The van der Waals surface area contributed by atoms with Crippen molar-refractivity contribution in [3.05, 3.63) is 0 Å². The first-order chi connectivity index (χ1) is 6.61. The van der Waals surface area contributed by atoms with Crippen LogP contribution in [0.15, 0.2) is 0 Å². The summed E-state index contributed by atoms with van der Waals surface area (Å²) >= 11 is 0. The highest BCUT2D eigenvalue weighted by atomic mass is 16.6. The second-order valence-electron chi connectivity index (χ2n) is 5.13. The van der Waals surface area contributed by atoms with Gasteiger partial charge in [-0.2, -0.15) is 0 Å². The largest absolute Gasteiger partial charge is 0.387 e. The molecule has 1 N–H and O–H groups in total. The van der Waals surface area contributed by atoms with Crippen molar-refractivity contribution >= 4 is 0 Å². The van der Waals surface area contributed by atoms with Gasteiger partial charge in [0, 0.05) is 13.0 Å². The van der Waals surface area contributed by atoms with Crippen LogP contribution in [0.5, 0.6) is 0 Å². The Kier molecular flexibility index (Phi) is 1.64. The van der Waals surface area contributed by atoms with E-state index in [-0.39, 0.29) is 17.8 Å². The van der Waals surface area contributed by atoms with E-state index in [9.17, 15) is 5.11 Å². The smallest absolute Gasteiger partial charge is 0.116 e. The van der Waals surface area contributed by atoms with Crippen molar-refractivity contribution < 1.29 is 14.6 Å². The third-order valence-corrected chi connectivity index (χ3v) is 4.08. The van der Waals surface area contributed by atoms with Gasteiger partial charge >= 0.3 is 0 Å². The molecule has 1 aliphatic heterocycles. The number of hydrogen-bond donors (Lipinski definition) is 1. The van der Waals surface area contributed by atoms with Gasteiger partial charge in [0.25, 0.3) is 0 Å². The van der Waals surface area contributed by atoms with Crippen LogP contribution in [0.1, 0.15) is 33.1 Å². The van der Waals surface area contributed by atoms with E-state index in [1.54, 1.807) is 0 Å². The van der Waals surface area contributed by atoms with E-state index in [1.807, 2.05) is 6.92 Å². The van der Waals surface area contributed by atoms with Crippen LogP contribution in [0.3, 0.4) is 0 Å². The summed E-state index contributed by atoms with van der Waals surface area (Å²) in [6, 6.07) is 0. The van der Waals surface area contributed by atoms with Crippen molar-refractivity contribution in [2.75, 3.05) is 6.61 Å². The SMILES string of the molecule is CCO[C@]12C[C@@H]3C[C@]3(O)C1O[C@@H](C)C2.